The summed E-state index contributed by atoms with van der Waals surface area (Å²) in [5.74, 6) is -1.24. The van der Waals surface area contributed by atoms with Gasteiger partial charge in [-0.1, -0.05) is 0 Å². The molecule has 3 atom stereocenters. The van der Waals surface area contributed by atoms with Crippen molar-refractivity contribution in [3.05, 3.63) is 29.8 Å². The number of amides is 1. The van der Waals surface area contributed by atoms with Crippen LogP contribution in [0.5, 0.6) is 5.75 Å². The number of ether oxygens (including phenoxy) is 1. The van der Waals surface area contributed by atoms with Gasteiger partial charge in [0.05, 0.1) is 0 Å². The predicted octanol–water partition coefficient (Wildman–Crippen LogP) is 3.21. The molecule has 0 unspecified atom stereocenters. The van der Waals surface area contributed by atoms with Gasteiger partial charge in [0.25, 0.3) is 5.91 Å². The van der Waals surface area contributed by atoms with E-state index in [1.54, 1.807) is 6.92 Å². The zero-order valence-electron chi connectivity index (χ0n) is 15.2. The first kappa shape index (κ1) is 17.7. The van der Waals surface area contributed by atoms with Crippen LogP contribution in [0.3, 0.4) is 0 Å². The second kappa shape index (κ2) is 7.14. The molecule has 3 fully saturated rings. The predicted molar refractivity (Wildman–Crippen MR) is 93.9 cm³/mol. The van der Waals surface area contributed by atoms with Crippen LogP contribution in [-0.4, -0.2) is 53.5 Å². The second-order valence-corrected chi connectivity index (χ2v) is 7.85. The van der Waals surface area contributed by atoms with E-state index in [0.717, 1.165) is 37.7 Å². The molecule has 3 aliphatic rings. The lowest BCUT2D eigenvalue weighted by atomic mass is 9.83. The first-order valence-corrected chi connectivity index (χ1v) is 9.69. The number of halogens is 2. The molecule has 0 N–H and O–H groups in total. The van der Waals surface area contributed by atoms with E-state index in [9.17, 15) is 13.6 Å². The Hall–Kier alpha value is -1.69. The molecule has 6 heteroatoms. The number of fused-ring (bicyclic) bond motifs is 1. The molecule has 1 aliphatic carbocycles. The van der Waals surface area contributed by atoms with Crippen molar-refractivity contribution in [1.82, 2.24) is 9.80 Å². The Morgan fingerprint density at radius 2 is 1.96 bits per heavy atom. The normalized spacial score (nSPS) is 27.7. The maximum atomic E-state index is 13.3. The van der Waals surface area contributed by atoms with Gasteiger partial charge in [-0.05, 0) is 63.6 Å². The number of piperidine rings is 2. The molecule has 1 amide bonds. The van der Waals surface area contributed by atoms with Crippen LogP contribution < -0.4 is 4.74 Å². The summed E-state index contributed by atoms with van der Waals surface area (Å²) in [6, 6.07) is 4.74. The molecular formula is C20H26F2N2O2. The molecular weight excluding hydrogens is 338 g/mol. The SMILES string of the molecule is C[C@H](Oc1ccc(F)c(F)c1)C(=O)N1CC[C@@H]2[C@H](CCCN2C2CC2)C1. The summed E-state index contributed by atoms with van der Waals surface area (Å²) >= 11 is 0. The molecule has 0 spiro atoms. The van der Waals surface area contributed by atoms with Gasteiger partial charge in [0.1, 0.15) is 5.75 Å². The number of carbonyl (C=O) groups excluding carboxylic acids is 1. The molecule has 2 heterocycles. The van der Waals surface area contributed by atoms with E-state index in [2.05, 4.69) is 4.90 Å². The standard InChI is InChI=1S/C20H26F2N2O2/c1-13(26-16-6-7-17(21)18(22)11-16)20(25)23-10-8-19-14(12-23)3-2-9-24(19)15-4-5-15/h6-7,11,13-15,19H,2-5,8-10,12H2,1H3/t13-,14+,19+/m0/s1. The van der Waals surface area contributed by atoms with Crippen molar-refractivity contribution in [3.8, 4) is 5.75 Å². The molecule has 1 saturated carbocycles. The maximum Gasteiger partial charge on any atom is 0.263 e. The Bertz CT molecular complexity index is 680. The fourth-order valence-electron chi connectivity index (χ4n) is 4.56. The fourth-order valence-corrected chi connectivity index (χ4v) is 4.56. The van der Waals surface area contributed by atoms with Crippen LogP contribution >= 0.6 is 0 Å². The van der Waals surface area contributed by atoms with Gasteiger partial charge < -0.3 is 9.64 Å². The molecule has 4 nitrogen and oxygen atoms in total. The van der Waals surface area contributed by atoms with E-state index in [1.807, 2.05) is 4.90 Å². The van der Waals surface area contributed by atoms with Crippen LogP contribution in [0.25, 0.3) is 0 Å². The minimum atomic E-state index is -0.967. The van der Waals surface area contributed by atoms with Gasteiger partial charge in [-0.3, -0.25) is 9.69 Å². The Kier molecular flexibility index (Phi) is 4.86. The lowest BCUT2D eigenvalue weighted by molar-refractivity contribution is -0.141. The smallest absolute Gasteiger partial charge is 0.263 e. The van der Waals surface area contributed by atoms with E-state index in [1.165, 1.54) is 38.3 Å². The van der Waals surface area contributed by atoms with E-state index >= 15 is 0 Å². The monoisotopic (exact) mass is 364 g/mol. The number of benzene rings is 1. The zero-order chi connectivity index (χ0) is 18.3. The summed E-state index contributed by atoms with van der Waals surface area (Å²) in [7, 11) is 0. The maximum absolute atomic E-state index is 13.3. The van der Waals surface area contributed by atoms with Gasteiger partial charge in [-0.15, -0.1) is 0 Å². The summed E-state index contributed by atoms with van der Waals surface area (Å²) in [5, 5.41) is 0. The second-order valence-electron chi connectivity index (χ2n) is 7.85. The molecule has 0 radical (unpaired) electrons. The molecule has 142 valence electrons. The number of likely N-dealkylation sites (tertiary alicyclic amines) is 2. The summed E-state index contributed by atoms with van der Waals surface area (Å²) in [6.07, 6.45) is 5.34. The van der Waals surface area contributed by atoms with Crippen LogP contribution in [0.2, 0.25) is 0 Å². The summed E-state index contributed by atoms with van der Waals surface area (Å²) < 4.78 is 31.9. The Morgan fingerprint density at radius 3 is 2.69 bits per heavy atom. The number of nitrogens with zero attached hydrogens (tertiary/aromatic N) is 2. The molecule has 26 heavy (non-hydrogen) atoms. The minimum Gasteiger partial charge on any atom is -0.481 e. The molecule has 1 aromatic rings. The summed E-state index contributed by atoms with van der Waals surface area (Å²) in [6.45, 7) is 4.40. The molecule has 0 bridgehead atoms. The average molecular weight is 364 g/mol. The van der Waals surface area contributed by atoms with Crippen molar-refractivity contribution in [2.45, 2.75) is 57.2 Å². The van der Waals surface area contributed by atoms with Gasteiger partial charge >= 0.3 is 0 Å². The highest BCUT2D eigenvalue weighted by molar-refractivity contribution is 5.81. The number of rotatable bonds is 4. The quantitative estimate of drug-likeness (QED) is 0.823. The molecule has 4 rings (SSSR count). The lowest BCUT2D eigenvalue weighted by Gasteiger charge is -2.47. The molecule has 2 aliphatic heterocycles. The highest BCUT2D eigenvalue weighted by Gasteiger charge is 2.43. The Labute approximate surface area is 153 Å². The van der Waals surface area contributed by atoms with Crippen molar-refractivity contribution < 1.29 is 18.3 Å². The minimum absolute atomic E-state index is 0.0725. The van der Waals surface area contributed by atoms with Gasteiger partial charge in [-0.25, -0.2) is 8.78 Å². The molecule has 1 aromatic carbocycles. The van der Waals surface area contributed by atoms with Crippen LogP contribution in [-0.2, 0) is 4.79 Å². The number of hydrogen-bond donors (Lipinski definition) is 0. The first-order valence-electron chi connectivity index (χ1n) is 9.69. The fraction of sp³-hybridized carbons (Fsp3) is 0.650. The van der Waals surface area contributed by atoms with Crippen LogP contribution in [0.4, 0.5) is 8.78 Å². The van der Waals surface area contributed by atoms with Crippen molar-refractivity contribution in [2.24, 2.45) is 5.92 Å². The highest BCUT2D eigenvalue weighted by atomic mass is 19.2. The van der Waals surface area contributed by atoms with Gasteiger partial charge in [0, 0.05) is 31.2 Å². The molecule has 0 aromatic heterocycles. The average Bonchev–Trinajstić information content (AvgIpc) is 3.48. The third-order valence-corrected chi connectivity index (χ3v) is 5.99. The molecule has 2 saturated heterocycles. The lowest BCUT2D eigenvalue weighted by Crippen LogP contribution is -2.57. The largest absolute Gasteiger partial charge is 0.481 e. The topological polar surface area (TPSA) is 32.8 Å². The van der Waals surface area contributed by atoms with E-state index in [-0.39, 0.29) is 11.7 Å². The van der Waals surface area contributed by atoms with E-state index in [0.29, 0.717) is 12.0 Å². The Morgan fingerprint density at radius 1 is 1.15 bits per heavy atom. The summed E-state index contributed by atoms with van der Waals surface area (Å²) in [5.41, 5.74) is 0. The van der Waals surface area contributed by atoms with Crippen LogP contribution in [0.15, 0.2) is 18.2 Å². The zero-order valence-corrected chi connectivity index (χ0v) is 15.2. The van der Waals surface area contributed by atoms with Crippen molar-refractivity contribution >= 4 is 5.91 Å². The number of carbonyl (C=O) groups is 1. The van der Waals surface area contributed by atoms with Gasteiger partial charge in [-0.2, -0.15) is 0 Å². The van der Waals surface area contributed by atoms with Gasteiger partial charge in [0.15, 0.2) is 17.7 Å². The number of hydrogen-bond acceptors (Lipinski definition) is 3. The summed E-state index contributed by atoms with van der Waals surface area (Å²) in [4.78, 5) is 17.3. The Balaban J connectivity index is 1.36. The first-order chi connectivity index (χ1) is 12.5. The van der Waals surface area contributed by atoms with Gasteiger partial charge in [0.2, 0.25) is 0 Å². The highest BCUT2D eigenvalue weighted by Crippen LogP contribution is 2.38. The van der Waals surface area contributed by atoms with E-state index in [4.69, 9.17) is 4.74 Å². The third kappa shape index (κ3) is 3.56. The van der Waals surface area contributed by atoms with Crippen molar-refractivity contribution in [3.63, 3.8) is 0 Å². The van der Waals surface area contributed by atoms with Crippen molar-refractivity contribution in [2.75, 3.05) is 19.6 Å². The third-order valence-electron chi connectivity index (χ3n) is 5.99. The van der Waals surface area contributed by atoms with Crippen LogP contribution in [0, 0.1) is 17.6 Å². The van der Waals surface area contributed by atoms with Crippen LogP contribution in [0.1, 0.15) is 39.0 Å². The van der Waals surface area contributed by atoms with Crippen molar-refractivity contribution in [1.29, 1.82) is 0 Å². The van der Waals surface area contributed by atoms with E-state index < -0.39 is 17.7 Å².